The van der Waals surface area contributed by atoms with Crippen molar-refractivity contribution in [3.8, 4) is 39.3 Å². The molecule has 0 N–H and O–H groups in total. The van der Waals surface area contributed by atoms with Crippen molar-refractivity contribution in [1.82, 2.24) is 9.55 Å². The molecule has 11 aromatic rings. The number of hydrogen-bond donors (Lipinski definition) is 0. The zero-order chi connectivity index (χ0) is 33.5. The fourth-order valence-corrected chi connectivity index (χ4v) is 9.08. The molecule has 0 radical (unpaired) electrons. The summed E-state index contributed by atoms with van der Waals surface area (Å²) in [6, 6.07) is 60.5. The standard InChI is InChI=1S/C47H28N2OS/c1-2-11-30(12-3-1)39-27-31(28-40(48-39)37-17-10-16-36-34-14-6-9-20-44(34)51-47(36)37)29-21-23-32(24-22-29)49-41-18-7-4-15-38(41)45-42(49)26-25-35-33-13-5-8-19-43(33)50-46(35)45/h1-28H. The summed E-state index contributed by atoms with van der Waals surface area (Å²) in [6.45, 7) is 0. The highest BCUT2D eigenvalue weighted by molar-refractivity contribution is 7.26. The van der Waals surface area contributed by atoms with Gasteiger partial charge in [0.1, 0.15) is 11.2 Å². The van der Waals surface area contributed by atoms with E-state index in [2.05, 4.69) is 168 Å². The van der Waals surface area contributed by atoms with E-state index in [9.17, 15) is 0 Å². The van der Waals surface area contributed by atoms with Crippen LogP contribution >= 0.6 is 11.3 Å². The molecule has 0 spiro atoms. The minimum Gasteiger partial charge on any atom is -0.455 e. The molecule has 0 aliphatic rings. The number of para-hydroxylation sites is 2. The predicted molar refractivity (Wildman–Crippen MR) is 215 cm³/mol. The van der Waals surface area contributed by atoms with Crippen LogP contribution in [0.2, 0.25) is 0 Å². The minimum absolute atomic E-state index is 0.913. The van der Waals surface area contributed by atoms with Crippen LogP contribution in [-0.2, 0) is 0 Å². The van der Waals surface area contributed by atoms with Gasteiger partial charge >= 0.3 is 0 Å². The van der Waals surface area contributed by atoms with E-state index in [0.717, 1.165) is 77.7 Å². The van der Waals surface area contributed by atoms with E-state index in [4.69, 9.17) is 9.40 Å². The smallest absolute Gasteiger partial charge is 0.145 e. The molecule has 4 heteroatoms. The molecule has 0 unspecified atom stereocenters. The van der Waals surface area contributed by atoms with Crippen LogP contribution in [-0.4, -0.2) is 9.55 Å². The fraction of sp³-hybridized carbons (Fsp3) is 0. The van der Waals surface area contributed by atoms with Crippen LogP contribution in [0.15, 0.2) is 174 Å². The molecule has 0 atom stereocenters. The van der Waals surface area contributed by atoms with Crippen LogP contribution in [0.1, 0.15) is 0 Å². The molecule has 0 saturated carbocycles. The van der Waals surface area contributed by atoms with Gasteiger partial charge in [-0.2, -0.15) is 0 Å². The Kier molecular flexibility index (Phi) is 6.12. The van der Waals surface area contributed by atoms with Gasteiger partial charge in [0.15, 0.2) is 0 Å². The largest absolute Gasteiger partial charge is 0.455 e. The minimum atomic E-state index is 0.913. The zero-order valence-corrected chi connectivity index (χ0v) is 28.2. The molecule has 4 heterocycles. The number of thiophene rings is 1. The first-order valence-corrected chi connectivity index (χ1v) is 18.0. The average Bonchev–Trinajstić information content (AvgIpc) is 3.88. The summed E-state index contributed by atoms with van der Waals surface area (Å²) in [5, 5.41) is 7.18. The number of furan rings is 1. The Balaban J connectivity index is 1.08. The number of benzene rings is 7. The number of aromatic nitrogens is 2. The van der Waals surface area contributed by atoms with Crippen molar-refractivity contribution in [2.45, 2.75) is 0 Å². The maximum absolute atomic E-state index is 6.52. The molecule has 7 aromatic carbocycles. The lowest BCUT2D eigenvalue weighted by Gasteiger charge is -2.12. The topological polar surface area (TPSA) is 31.0 Å². The summed E-state index contributed by atoms with van der Waals surface area (Å²) in [6.07, 6.45) is 0. The van der Waals surface area contributed by atoms with Gasteiger partial charge in [-0.3, -0.25) is 0 Å². The summed E-state index contributed by atoms with van der Waals surface area (Å²) in [4.78, 5) is 5.28. The Morgan fingerprint density at radius 2 is 1.20 bits per heavy atom. The van der Waals surface area contributed by atoms with Crippen LogP contribution in [0, 0.1) is 0 Å². The molecule has 51 heavy (non-hydrogen) atoms. The molecule has 0 aliphatic carbocycles. The summed E-state index contributed by atoms with van der Waals surface area (Å²) >= 11 is 1.84. The second-order valence-electron chi connectivity index (χ2n) is 13.1. The molecule has 238 valence electrons. The Morgan fingerprint density at radius 1 is 0.471 bits per heavy atom. The monoisotopic (exact) mass is 668 g/mol. The number of nitrogens with zero attached hydrogens (tertiary/aromatic N) is 2. The van der Waals surface area contributed by atoms with Gasteiger partial charge in [-0.15, -0.1) is 11.3 Å². The van der Waals surface area contributed by atoms with Crippen LogP contribution in [0.5, 0.6) is 0 Å². The van der Waals surface area contributed by atoms with Crippen molar-refractivity contribution in [2.24, 2.45) is 0 Å². The van der Waals surface area contributed by atoms with Crippen LogP contribution in [0.4, 0.5) is 0 Å². The maximum Gasteiger partial charge on any atom is 0.145 e. The van der Waals surface area contributed by atoms with E-state index < -0.39 is 0 Å². The van der Waals surface area contributed by atoms with Crippen molar-refractivity contribution < 1.29 is 4.42 Å². The van der Waals surface area contributed by atoms with Crippen molar-refractivity contribution in [1.29, 1.82) is 0 Å². The second-order valence-corrected chi connectivity index (χ2v) is 14.2. The highest BCUT2D eigenvalue weighted by atomic mass is 32.1. The first-order valence-electron chi connectivity index (χ1n) is 17.2. The van der Waals surface area contributed by atoms with Gasteiger partial charge in [0.25, 0.3) is 0 Å². The molecule has 11 rings (SSSR count). The quantitative estimate of drug-likeness (QED) is 0.187. The van der Waals surface area contributed by atoms with E-state index >= 15 is 0 Å². The van der Waals surface area contributed by atoms with Crippen molar-refractivity contribution in [3.05, 3.63) is 170 Å². The normalized spacial score (nSPS) is 11.9. The summed E-state index contributed by atoms with van der Waals surface area (Å²) in [5.74, 6) is 0. The Morgan fingerprint density at radius 3 is 2.08 bits per heavy atom. The van der Waals surface area contributed by atoms with Crippen molar-refractivity contribution in [3.63, 3.8) is 0 Å². The van der Waals surface area contributed by atoms with E-state index in [1.165, 1.54) is 25.6 Å². The SMILES string of the molecule is c1ccc(-c2cc(-c3ccc(-n4c5ccccc5c5c6oc7ccccc7c6ccc54)cc3)cc(-c3cccc4c3sc3ccccc34)n2)cc1. The van der Waals surface area contributed by atoms with Crippen LogP contribution in [0.25, 0.3) is 103 Å². The molecule has 3 nitrogen and oxygen atoms in total. The van der Waals surface area contributed by atoms with Gasteiger partial charge in [-0.05, 0) is 65.7 Å². The molecule has 0 bridgehead atoms. The van der Waals surface area contributed by atoms with E-state index in [-0.39, 0.29) is 0 Å². The average molecular weight is 669 g/mol. The highest BCUT2D eigenvalue weighted by Crippen LogP contribution is 2.42. The Bertz CT molecular complexity index is 3130. The first-order chi connectivity index (χ1) is 25.3. The van der Waals surface area contributed by atoms with Gasteiger partial charge < -0.3 is 8.98 Å². The first kappa shape index (κ1) is 28.4. The van der Waals surface area contributed by atoms with E-state index in [0.29, 0.717) is 0 Å². The lowest BCUT2D eigenvalue weighted by Crippen LogP contribution is -1.94. The summed E-state index contributed by atoms with van der Waals surface area (Å²) in [7, 11) is 0. The van der Waals surface area contributed by atoms with Gasteiger partial charge in [-0.1, -0.05) is 115 Å². The van der Waals surface area contributed by atoms with Crippen LogP contribution in [0.3, 0.4) is 0 Å². The molecular formula is C47H28N2OS. The van der Waals surface area contributed by atoms with Crippen molar-refractivity contribution >= 4 is 75.3 Å². The third-order valence-electron chi connectivity index (χ3n) is 10.2. The maximum atomic E-state index is 6.52. The molecule has 0 amide bonds. The molecule has 0 fully saturated rings. The lowest BCUT2D eigenvalue weighted by atomic mass is 9.99. The molecule has 0 saturated heterocycles. The summed E-state index contributed by atoms with van der Waals surface area (Å²) < 4.78 is 11.4. The Hall–Kier alpha value is -6.49. The number of rotatable bonds is 4. The predicted octanol–water partition coefficient (Wildman–Crippen LogP) is 13.4. The van der Waals surface area contributed by atoms with E-state index in [1.54, 1.807) is 0 Å². The van der Waals surface area contributed by atoms with E-state index in [1.807, 2.05) is 17.4 Å². The second kappa shape index (κ2) is 11.0. The van der Waals surface area contributed by atoms with Gasteiger partial charge in [0, 0.05) is 53.1 Å². The lowest BCUT2D eigenvalue weighted by molar-refractivity contribution is 0.673. The number of hydrogen-bond acceptors (Lipinski definition) is 3. The molecule has 4 aromatic heterocycles. The van der Waals surface area contributed by atoms with Crippen molar-refractivity contribution in [2.75, 3.05) is 0 Å². The third kappa shape index (κ3) is 4.33. The molecule has 0 aliphatic heterocycles. The number of pyridine rings is 1. The number of fused-ring (bicyclic) bond motifs is 10. The Labute approximate surface area is 297 Å². The van der Waals surface area contributed by atoms with Gasteiger partial charge in [0.2, 0.25) is 0 Å². The zero-order valence-electron chi connectivity index (χ0n) is 27.4. The van der Waals surface area contributed by atoms with Gasteiger partial charge in [0.05, 0.1) is 27.8 Å². The summed E-state index contributed by atoms with van der Waals surface area (Å²) in [5.41, 5.74) is 11.7. The fourth-order valence-electron chi connectivity index (χ4n) is 7.86. The molecular weight excluding hydrogens is 641 g/mol. The third-order valence-corrected chi connectivity index (χ3v) is 11.4. The van der Waals surface area contributed by atoms with Crippen LogP contribution < -0.4 is 0 Å². The van der Waals surface area contributed by atoms with Gasteiger partial charge in [-0.25, -0.2) is 4.98 Å². The highest BCUT2D eigenvalue weighted by Gasteiger charge is 2.19.